The maximum absolute atomic E-state index is 5.94. The Morgan fingerprint density at radius 1 is 1.24 bits per heavy atom. The average molecular weight is 455 g/mol. The van der Waals surface area contributed by atoms with Crippen LogP contribution in [0.3, 0.4) is 0 Å². The largest absolute Gasteiger partial charge is 0.497 e. The molecule has 0 radical (unpaired) electrons. The van der Waals surface area contributed by atoms with Crippen molar-refractivity contribution in [3.63, 3.8) is 0 Å². The lowest BCUT2D eigenvalue weighted by molar-refractivity contribution is 0.415. The maximum atomic E-state index is 5.94. The van der Waals surface area contributed by atoms with Gasteiger partial charge < -0.3 is 20.7 Å². The van der Waals surface area contributed by atoms with Gasteiger partial charge in [-0.15, -0.1) is 24.0 Å². The minimum absolute atomic E-state index is 0. The first-order valence-electron chi connectivity index (χ1n) is 8.07. The molecule has 0 saturated heterocycles. The molecule has 136 valence electrons. The van der Waals surface area contributed by atoms with Gasteiger partial charge in [0.15, 0.2) is 5.96 Å². The highest BCUT2D eigenvalue weighted by molar-refractivity contribution is 14.0. The third-order valence-electron chi connectivity index (χ3n) is 3.67. The molecule has 0 aliphatic rings. The Labute approximate surface area is 166 Å². The number of pyridine rings is 1. The van der Waals surface area contributed by atoms with E-state index >= 15 is 0 Å². The zero-order valence-corrected chi connectivity index (χ0v) is 17.2. The summed E-state index contributed by atoms with van der Waals surface area (Å²) in [5, 5.41) is 3.05. The van der Waals surface area contributed by atoms with Crippen molar-refractivity contribution in [3.8, 4) is 5.75 Å². The van der Waals surface area contributed by atoms with Gasteiger partial charge in [-0.25, -0.2) is 9.98 Å². The van der Waals surface area contributed by atoms with Crippen LogP contribution in [0.15, 0.2) is 47.6 Å². The number of rotatable bonds is 7. The number of methoxy groups -OCH3 is 1. The quantitative estimate of drug-likeness (QED) is 0.380. The molecule has 3 N–H and O–H groups in total. The Morgan fingerprint density at radius 2 is 2.00 bits per heavy atom. The second kappa shape index (κ2) is 10.8. The molecule has 2 aromatic rings. The van der Waals surface area contributed by atoms with Gasteiger partial charge in [0.1, 0.15) is 11.6 Å². The van der Waals surface area contributed by atoms with Crippen molar-refractivity contribution in [2.45, 2.75) is 20.4 Å². The normalized spacial score (nSPS) is 10.8. The van der Waals surface area contributed by atoms with E-state index in [4.69, 9.17) is 10.5 Å². The molecule has 0 aliphatic carbocycles. The molecule has 0 atom stereocenters. The summed E-state index contributed by atoms with van der Waals surface area (Å²) in [6, 6.07) is 11.6. The first kappa shape index (κ1) is 21.0. The molecule has 0 unspecified atom stereocenters. The van der Waals surface area contributed by atoms with Crippen LogP contribution in [0.5, 0.6) is 5.75 Å². The molecule has 0 amide bonds. The summed E-state index contributed by atoms with van der Waals surface area (Å²) < 4.78 is 5.18. The Hall–Kier alpha value is -2.03. The number of hydrogen-bond donors (Lipinski definition) is 2. The third-order valence-corrected chi connectivity index (χ3v) is 3.67. The molecule has 25 heavy (non-hydrogen) atoms. The van der Waals surface area contributed by atoms with Crippen LogP contribution in [0.25, 0.3) is 0 Å². The average Bonchev–Trinajstić information content (AvgIpc) is 2.62. The van der Waals surface area contributed by atoms with Crippen LogP contribution in [-0.4, -0.2) is 31.1 Å². The lowest BCUT2D eigenvalue weighted by Gasteiger charge is -2.19. The predicted octanol–water partition coefficient (Wildman–Crippen LogP) is 3.48. The van der Waals surface area contributed by atoms with Crippen LogP contribution < -0.4 is 20.7 Å². The lowest BCUT2D eigenvalue weighted by atomic mass is 10.3. The first-order chi connectivity index (χ1) is 11.7. The highest BCUT2D eigenvalue weighted by atomic mass is 127. The van der Waals surface area contributed by atoms with Gasteiger partial charge in [0.05, 0.1) is 13.7 Å². The molecule has 1 aromatic heterocycles. The summed E-state index contributed by atoms with van der Waals surface area (Å²) >= 11 is 0. The number of benzene rings is 1. The minimum Gasteiger partial charge on any atom is -0.497 e. The monoisotopic (exact) mass is 455 g/mol. The fourth-order valence-corrected chi connectivity index (χ4v) is 2.31. The van der Waals surface area contributed by atoms with Gasteiger partial charge in [-0.05, 0) is 37.6 Å². The van der Waals surface area contributed by atoms with Crippen molar-refractivity contribution in [2.24, 2.45) is 10.7 Å². The number of guanidine groups is 1. The number of aromatic nitrogens is 1. The number of halogens is 1. The van der Waals surface area contributed by atoms with Crippen molar-refractivity contribution in [3.05, 3.63) is 48.2 Å². The van der Waals surface area contributed by atoms with Gasteiger partial charge in [-0.3, -0.25) is 0 Å². The SMILES string of the molecule is CCN(CC)c1ccc(CN=C(N)Nc2cccc(OC)c2)cn1.I. The molecular formula is C18H26IN5O. The summed E-state index contributed by atoms with van der Waals surface area (Å²) in [6.45, 7) is 6.60. The molecular weight excluding hydrogens is 429 g/mol. The standard InChI is InChI=1S/C18H25N5O.HI/c1-4-23(5-2)17-10-9-14(12-20-17)13-21-18(19)22-15-7-6-8-16(11-15)24-3;/h6-12H,4-5,13H2,1-3H3,(H3,19,21,22);1H. The number of nitrogens with zero attached hydrogens (tertiary/aromatic N) is 3. The van der Waals surface area contributed by atoms with Crippen molar-refractivity contribution in [1.82, 2.24) is 4.98 Å². The highest BCUT2D eigenvalue weighted by Crippen LogP contribution is 2.16. The Morgan fingerprint density at radius 3 is 2.60 bits per heavy atom. The predicted molar refractivity (Wildman–Crippen MR) is 115 cm³/mol. The van der Waals surface area contributed by atoms with Gasteiger partial charge in [-0.2, -0.15) is 0 Å². The zero-order valence-electron chi connectivity index (χ0n) is 14.9. The number of nitrogens with two attached hydrogens (primary N) is 1. The van der Waals surface area contributed by atoms with E-state index in [1.807, 2.05) is 42.6 Å². The summed E-state index contributed by atoms with van der Waals surface area (Å²) in [6.07, 6.45) is 1.84. The van der Waals surface area contributed by atoms with Crippen LogP contribution in [0.2, 0.25) is 0 Å². The molecule has 0 aliphatic heterocycles. The maximum Gasteiger partial charge on any atom is 0.193 e. The van der Waals surface area contributed by atoms with Gasteiger partial charge in [0.2, 0.25) is 0 Å². The van der Waals surface area contributed by atoms with Crippen LogP contribution >= 0.6 is 24.0 Å². The second-order valence-corrected chi connectivity index (χ2v) is 5.26. The number of ether oxygens (including phenoxy) is 1. The molecule has 0 saturated carbocycles. The molecule has 6 nitrogen and oxygen atoms in total. The number of nitrogens with one attached hydrogen (secondary N) is 1. The Bertz CT molecular complexity index is 671. The van der Waals surface area contributed by atoms with Crippen molar-refractivity contribution in [2.75, 3.05) is 30.4 Å². The van der Waals surface area contributed by atoms with Crippen molar-refractivity contribution < 1.29 is 4.74 Å². The van der Waals surface area contributed by atoms with E-state index in [0.29, 0.717) is 12.5 Å². The number of aliphatic imine (C=N–C) groups is 1. The molecule has 7 heteroatoms. The molecule has 0 bridgehead atoms. The highest BCUT2D eigenvalue weighted by Gasteiger charge is 2.03. The fraction of sp³-hybridized carbons (Fsp3) is 0.333. The van der Waals surface area contributed by atoms with Crippen molar-refractivity contribution in [1.29, 1.82) is 0 Å². The van der Waals surface area contributed by atoms with E-state index in [-0.39, 0.29) is 24.0 Å². The molecule has 1 heterocycles. The molecule has 0 fully saturated rings. The minimum atomic E-state index is 0. The van der Waals surface area contributed by atoms with Gasteiger partial charge >= 0.3 is 0 Å². The summed E-state index contributed by atoms with van der Waals surface area (Å²) in [5.74, 6) is 2.11. The van der Waals surface area contributed by atoms with E-state index in [2.05, 4.69) is 34.0 Å². The molecule has 1 aromatic carbocycles. The topological polar surface area (TPSA) is 75.8 Å². The van der Waals surface area contributed by atoms with E-state index in [0.717, 1.165) is 35.9 Å². The number of hydrogen-bond acceptors (Lipinski definition) is 4. The molecule has 0 spiro atoms. The summed E-state index contributed by atoms with van der Waals surface area (Å²) in [5.41, 5.74) is 7.79. The summed E-state index contributed by atoms with van der Waals surface area (Å²) in [4.78, 5) is 11.0. The van der Waals surface area contributed by atoms with Gasteiger partial charge in [0.25, 0.3) is 0 Å². The molecule has 2 rings (SSSR count). The Balaban J connectivity index is 0.00000312. The Kier molecular flexibility index (Phi) is 9.04. The van der Waals surface area contributed by atoms with Crippen LogP contribution in [0.1, 0.15) is 19.4 Å². The van der Waals surface area contributed by atoms with Crippen LogP contribution in [0.4, 0.5) is 11.5 Å². The van der Waals surface area contributed by atoms with E-state index in [9.17, 15) is 0 Å². The smallest absolute Gasteiger partial charge is 0.193 e. The van der Waals surface area contributed by atoms with Crippen LogP contribution in [0, 0.1) is 0 Å². The zero-order chi connectivity index (χ0) is 17.4. The third kappa shape index (κ3) is 6.41. The number of anilines is 2. The fourth-order valence-electron chi connectivity index (χ4n) is 2.31. The van der Waals surface area contributed by atoms with Gasteiger partial charge in [0, 0.05) is 31.0 Å². The second-order valence-electron chi connectivity index (χ2n) is 5.26. The first-order valence-corrected chi connectivity index (χ1v) is 8.07. The van der Waals surface area contributed by atoms with E-state index in [1.54, 1.807) is 7.11 Å². The van der Waals surface area contributed by atoms with Gasteiger partial charge in [-0.1, -0.05) is 12.1 Å². The summed E-state index contributed by atoms with van der Waals surface area (Å²) in [7, 11) is 1.63. The van der Waals surface area contributed by atoms with E-state index in [1.165, 1.54) is 0 Å². The van der Waals surface area contributed by atoms with E-state index < -0.39 is 0 Å². The van der Waals surface area contributed by atoms with Crippen LogP contribution in [-0.2, 0) is 6.54 Å². The van der Waals surface area contributed by atoms with Crippen molar-refractivity contribution >= 4 is 41.4 Å². The lowest BCUT2D eigenvalue weighted by Crippen LogP contribution is -2.23.